The Hall–Kier alpha value is -2.64. The zero-order valence-electron chi connectivity index (χ0n) is 12.2. The van der Waals surface area contributed by atoms with Gasteiger partial charge in [0.2, 0.25) is 0 Å². The van der Waals surface area contributed by atoms with E-state index in [1.54, 1.807) is 36.4 Å². The van der Waals surface area contributed by atoms with Crippen LogP contribution in [0.2, 0.25) is 10.0 Å². The number of carbonyl (C=O) groups excluding carboxylic acids is 1. The van der Waals surface area contributed by atoms with Crippen molar-refractivity contribution in [2.75, 3.05) is 11.9 Å². The van der Waals surface area contributed by atoms with E-state index in [1.165, 1.54) is 11.0 Å². The van der Waals surface area contributed by atoms with Crippen molar-refractivity contribution < 1.29 is 9.53 Å². The minimum Gasteiger partial charge on any atom is -0.484 e. The van der Waals surface area contributed by atoms with Crippen LogP contribution in [0.5, 0.6) is 5.75 Å². The second-order valence-corrected chi connectivity index (χ2v) is 5.48. The second-order valence-electron chi connectivity index (χ2n) is 4.69. The Morgan fingerprint density at radius 3 is 2.83 bits per heavy atom. The van der Waals surface area contributed by atoms with Gasteiger partial charge in [-0.25, -0.2) is 4.68 Å². The van der Waals surface area contributed by atoms with Gasteiger partial charge in [0, 0.05) is 6.07 Å². The molecule has 0 aliphatic carbocycles. The second kappa shape index (κ2) is 7.29. The van der Waals surface area contributed by atoms with Gasteiger partial charge in [0.1, 0.15) is 12.1 Å². The van der Waals surface area contributed by atoms with Gasteiger partial charge in [-0.2, -0.15) is 0 Å². The summed E-state index contributed by atoms with van der Waals surface area (Å²) < 4.78 is 6.96. The Balaban J connectivity index is 1.62. The van der Waals surface area contributed by atoms with E-state index in [9.17, 15) is 4.79 Å². The van der Waals surface area contributed by atoms with Crippen molar-refractivity contribution in [1.82, 2.24) is 20.2 Å². The van der Waals surface area contributed by atoms with E-state index in [2.05, 4.69) is 20.8 Å². The first-order chi connectivity index (χ1) is 11.6. The van der Waals surface area contributed by atoms with Gasteiger partial charge in [-0.05, 0) is 34.7 Å². The molecule has 0 radical (unpaired) electrons. The molecule has 0 bridgehead atoms. The van der Waals surface area contributed by atoms with Gasteiger partial charge < -0.3 is 10.1 Å². The van der Waals surface area contributed by atoms with E-state index in [-0.39, 0.29) is 17.5 Å². The average Bonchev–Trinajstić information content (AvgIpc) is 3.12. The summed E-state index contributed by atoms with van der Waals surface area (Å²) in [7, 11) is 0. The first kappa shape index (κ1) is 16.2. The number of tetrazole rings is 1. The summed E-state index contributed by atoms with van der Waals surface area (Å²) in [5.74, 6) is 0.155. The van der Waals surface area contributed by atoms with Gasteiger partial charge in [-0.1, -0.05) is 35.3 Å². The molecule has 0 unspecified atom stereocenters. The van der Waals surface area contributed by atoms with Gasteiger partial charge in [-0.3, -0.25) is 4.79 Å². The summed E-state index contributed by atoms with van der Waals surface area (Å²) in [6.07, 6.45) is 1.47. The van der Waals surface area contributed by atoms with Crippen molar-refractivity contribution in [2.24, 2.45) is 0 Å². The maximum absolute atomic E-state index is 12.0. The number of hydrogen-bond donors (Lipinski definition) is 1. The zero-order chi connectivity index (χ0) is 16.9. The first-order valence-electron chi connectivity index (χ1n) is 6.83. The molecule has 1 heterocycles. The zero-order valence-corrected chi connectivity index (χ0v) is 13.7. The summed E-state index contributed by atoms with van der Waals surface area (Å²) in [6, 6.07) is 12.0. The molecule has 24 heavy (non-hydrogen) atoms. The molecule has 0 fully saturated rings. The molecule has 0 saturated carbocycles. The number of halogens is 2. The normalized spacial score (nSPS) is 10.4. The molecule has 0 saturated heterocycles. The van der Waals surface area contributed by atoms with Gasteiger partial charge in [0.25, 0.3) is 5.91 Å². The van der Waals surface area contributed by atoms with Crippen LogP contribution in [0.3, 0.4) is 0 Å². The molecule has 3 aromatic rings. The van der Waals surface area contributed by atoms with Crippen LogP contribution >= 0.6 is 23.2 Å². The number of nitrogens with one attached hydrogen (secondary N) is 1. The van der Waals surface area contributed by atoms with Crippen LogP contribution in [-0.2, 0) is 4.79 Å². The van der Waals surface area contributed by atoms with Gasteiger partial charge in [0.15, 0.2) is 6.61 Å². The van der Waals surface area contributed by atoms with Crippen LogP contribution < -0.4 is 10.1 Å². The molecule has 0 atom stereocenters. The number of ether oxygens (including phenoxy) is 1. The number of carbonyl (C=O) groups is 1. The molecule has 0 aliphatic heterocycles. The highest BCUT2D eigenvalue weighted by Crippen LogP contribution is 2.29. The fourth-order valence-corrected chi connectivity index (χ4v) is 2.28. The molecule has 9 heteroatoms. The lowest BCUT2D eigenvalue weighted by molar-refractivity contribution is -0.118. The van der Waals surface area contributed by atoms with E-state index >= 15 is 0 Å². The van der Waals surface area contributed by atoms with Crippen LogP contribution in [0, 0.1) is 0 Å². The SMILES string of the molecule is O=C(COc1cccc(-n2cnnn2)c1)Nc1cccc(Cl)c1Cl. The lowest BCUT2D eigenvalue weighted by Gasteiger charge is -2.10. The van der Waals surface area contributed by atoms with E-state index in [1.807, 2.05) is 6.07 Å². The molecule has 0 spiro atoms. The van der Waals surface area contributed by atoms with Crippen molar-refractivity contribution >= 4 is 34.8 Å². The number of aromatic nitrogens is 4. The van der Waals surface area contributed by atoms with E-state index in [0.29, 0.717) is 16.5 Å². The number of anilines is 1. The lowest BCUT2D eigenvalue weighted by atomic mass is 10.3. The third kappa shape index (κ3) is 3.81. The molecule has 1 aromatic heterocycles. The quantitative estimate of drug-likeness (QED) is 0.753. The highest BCUT2D eigenvalue weighted by molar-refractivity contribution is 6.43. The number of benzene rings is 2. The summed E-state index contributed by atoms with van der Waals surface area (Å²) in [4.78, 5) is 12.0. The van der Waals surface area contributed by atoms with Crippen LogP contribution in [0.1, 0.15) is 0 Å². The van der Waals surface area contributed by atoms with Crippen LogP contribution in [0.15, 0.2) is 48.8 Å². The van der Waals surface area contributed by atoms with E-state index < -0.39 is 0 Å². The Labute approximate surface area is 147 Å². The van der Waals surface area contributed by atoms with Crippen molar-refractivity contribution in [3.05, 3.63) is 58.8 Å². The predicted octanol–water partition coefficient (Wildman–Crippen LogP) is 2.99. The highest BCUT2D eigenvalue weighted by Gasteiger charge is 2.09. The van der Waals surface area contributed by atoms with Gasteiger partial charge >= 0.3 is 0 Å². The summed E-state index contributed by atoms with van der Waals surface area (Å²) in [5.41, 5.74) is 1.15. The van der Waals surface area contributed by atoms with Gasteiger partial charge in [0.05, 0.1) is 21.4 Å². The third-order valence-electron chi connectivity index (χ3n) is 3.03. The number of nitrogens with zero attached hydrogens (tertiary/aromatic N) is 4. The molecular formula is C15H11Cl2N5O2. The van der Waals surface area contributed by atoms with Crippen molar-refractivity contribution in [1.29, 1.82) is 0 Å². The highest BCUT2D eigenvalue weighted by atomic mass is 35.5. The number of amides is 1. The molecule has 3 rings (SSSR count). The maximum Gasteiger partial charge on any atom is 0.262 e. The van der Waals surface area contributed by atoms with Crippen molar-refractivity contribution in [3.8, 4) is 11.4 Å². The third-order valence-corrected chi connectivity index (χ3v) is 3.85. The van der Waals surface area contributed by atoms with Crippen LogP contribution in [0.25, 0.3) is 5.69 Å². The summed E-state index contributed by atoms with van der Waals surface area (Å²) in [5, 5.41) is 14.2. The number of hydrogen-bond acceptors (Lipinski definition) is 5. The van der Waals surface area contributed by atoms with Crippen molar-refractivity contribution in [3.63, 3.8) is 0 Å². The van der Waals surface area contributed by atoms with Crippen LogP contribution in [-0.4, -0.2) is 32.7 Å². The Kier molecular flexibility index (Phi) is 4.93. The summed E-state index contributed by atoms with van der Waals surface area (Å²) >= 11 is 11.9. The topological polar surface area (TPSA) is 81.9 Å². The molecule has 1 amide bonds. The average molecular weight is 364 g/mol. The maximum atomic E-state index is 12.0. The molecular weight excluding hydrogens is 353 g/mol. The largest absolute Gasteiger partial charge is 0.484 e. The predicted molar refractivity (Wildman–Crippen MR) is 89.7 cm³/mol. The first-order valence-corrected chi connectivity index (χ1v) is 7.59. The smallest absolute Gasteiger partial charge is 0.262 e. The minimum absolute atomic E-state index is 0.179. The molecule has 122 valence electrons. The van der Waals surface area contributed by atoms with E-state index in [4.69, 9.17) is 27.9 Å². The molecule has 2 aromatic carbocycles. The van der Waals surface area contributed by atoms with Crippen LogP contribution in [0.4, 0.5) is 5.69 Å². The van der Waals surface area contributed by atoms with Gasteiger partial charge in [-0.15, -0.1) is 5.10 Å². The Morgan fingerprint density at radius 1 is 1.21 bits per heavy atom. The Morgan fingerprint density at radius 2 is 2.04 bits per heavy atom. The lowest BCUT2D eigenvalue weighted by Crippen LogP contribution is -2.20. The number of rotatable bonds is 5. The fourth-order valence-electron chi connectivity index (χ4n) is 1.93. The molecule has 0 aliphatic rings. The Bertz CT molecular complexity index is 855. The standard InChI is InChI=1S/C15H11Cl2N5O2/c16-12-5-2-6-13(15(12)17)19-14(23)8-24-11-4-1-3-10(7-11)22-9-18-20-21-22/h1-7,9H,8H2,(H,19,23). The monoisotopic (exact) mass is 363 g/mol. The molecule has 1 N–H and O–H groups in total. The minimum atomic E-state index is -0.355. The fraction of sp³-hybridized carbons (Fsp3) is 0.0667. The van der Waals surface area contributed by atoms with Crippen molar-refractivity contribution in [2.45, 2.75) is 0 Å². The molecule has 7 nitrogen and oxygen atoms in total. The summed E-state index contributed by atoms with van der Waals surface area (Å²) in [6.45, 7) is -0.179. The van der Waals surface area contributed by atoms with E-state index in [0.717, 1.165) is 5.69 Å².